The summed E-state index contributed by atoms with van der Waals surface area (Å²) in [5.74, 6) is -0.428. The summed E-state index contributed by atoms with van der Waals surface area (Å²) in [5.41, 5.74) is 0.743. The van der Waals surface area contributed by atoms with Crippen LogP contribution in [0.4, 0.5) is 4.79 Å². The van der Waals surface area contributed by atoms with Crippen LogP contribution in [0.25, 0.3) is 0 Å². The minimum atomic E-state index is -0.914. The first-order valence-electron chi connectivity index (χ1n) is 7.17. The predicted octanol–water partition coefficient (Wildman–Crippen LogP) is 0.980. The summed E-state index contributed by atoms with van der Waals surface area (Å²) in [7, 11) is 0. The van der Waals surface area contributed by atoms with Gasteiger partial charge in [0.15, 0.2) is 11.5 Å². The first kappa shape index (κ1) is 19.3. The highest BCUT2D eigenvalue weighted by atomic mass is 17.0. The van der Waals surface area contributed by atoms with Gasteiger partial charge < -0.3 is 29.8 Å². The summed E-state index contributed by atoms with van der Waals surface area (Å²) < 4.78 is 9.86. The quantitative estimate of drug-likeness (QED) is 0.247. The third kappa shape index (κ3) is 8.03. The van der Waals surface area contributed by atoms with Crippen molar-refractivity contribution in [1.82, 2.24) is 5.32 Å². The second kappa shape index (κ2) is 10.1. The van der Waals surface area contributed by atoms with E-state index in [0.29, 0.717) is 6.42 Å². The monoisotopic (exact) mass is 344 g/mol. The van der Waals surface area contributed by atoms with Crippen LogP contribution < -0.4 is 5.32 Å². The number of carbonyl (C=O) groups excluding carboxylic acids is 1. The maximum Gasteiger partial charge on any atom is 0.407 e. The number of nitrogens with one attached hydrogen (secondary N) is 1. The van der Waals surface area contributed by atoms with E-state index in [0.717, 1.165) is 5.56 Å². The van der Waals surface area contributed by atoms with Crippen LogP contribution in [0.3, 0.4) is 0 Å². The van der Waals surface area contributed by atoms with E-state index in [4.69, 9.17) is 9.47 Å². The third-order valence-corrected chi connectivity index (χ3v) is 2.83. The number of aromatic hydroxyl groups is 2. The summed E-state index contributed by atoms with van der Waals surface area (Å²) in [4.78, 5) is 25.5. The zero-order chi connectivity index (χ0) is 17.9. The van der Waals surface area contributed by atoms with Crippen molar-refractivity contribution in [3.8, 4) is 11.5 Å². The van der Waals surface area contributed by atoms with Gasteiger partial charge in [-0.2, -0.15) is 0 Å². The van der Waals surface area contributed by atoms with Gasteiger partial charge in [-0.15, -0.1) is 10.1 Å². The molecular weight excluding hydrogens is 324 g/mol. The lowest BCUT2D eigenvalue weighted by molar-refractivity contribution is -0.758. The summed E-state index contributed by atoms with van der Waals surface area (Å²) in [6, 6.07) is 4.17. The van der Waals surface area contributed by atoms with Gasteiger partial charge in [-0.1, -0.05) is 6.07 Å². The van der Waals surface area contributed by atoms with Gasteiger partial charge in [0.25, 0.3) is 5.09 Å². The smallest absolute Gasteiger partial charge is 0.407 e. The Kier molecular flexibility index (Phi) is 8.13. The second-order valence-corrected chi connectivity index (χ2v) is 4.88. The fourth-order valence-corrected chi connectivity index (χ4v) is 1.81. The zero-order valence-corrected chi connectivity index (χ0v) is 13.1. The molecule has 0 aliphatic rings. The Morgan fingerprint density at radius 1 is 1.25 bits per heavy atom. The van der Waals surface area contributed by atoms with E-state index in [9.17, 15) is 25.1 Å². The molecule has 134 valence electrons. The van der Waals surface area contributed by atoms with Gasteiger partial charge >= 0.3 is 6.09 Å². The van der Waals surface area contributed by atoms with E-state index in [2.05, 4.69) is 10.2 Å². The van der Waals surface area contributed by atoms with Crippen LogP contribution in [-0.2, 0) is 20.7 Å². The number of hydrogen-bond donors (Lipinski definition) is 3. The van der Waals surface area contributed by atoms with Crippen molar-refractivity contribution in [3.05, 3.63) is 33.9 Å². The van der Waals surface area contributed by atoms with Crippen molar-refractivity contribution < 1.29 is 34.4 Å². The van der Waals surface area contributed by atoms with E-state index in [1.54, 1.807) is 13.0 Å². The number of phenolic OH excluding ortho intramolecular Hbond substituents is 2. The normalized spacial score (nSPS) is 11.5. The molecule has 0 bridgehead atoms. The van der Waals surface area contributed by atoms with E-state index in [-0.39, 0.29) is 44.0 Å². The average Bonchev–Trinajstić information content (AvgIpc) is 2.49. The molecule has 0 heterocycles. The zero-order valence-electron chi connectivity index (χ0n) is 13.1. The molecular formula is C14H20N2O8. The van der Waals surface area contributed by atoms with E-state index >= 15 is 0 Å². The molecule has 1 unspecified atom stereocenters. The number of hydrogen-bond acceptors (Lipinski definition) is 8. The fraction of sp³-hybridized carbons (Fsp3) is 0.500. The fourth-order valence-electron chi connectivity index (χ4n) is 1.81. The minimum Gasteiger partial charge on any atom is -0.504 e. The number of nitrogens with zero attached hydrogens (tertiary/aromatic N) is 1. The van der Waals surface area contributed by atoms with E-state index in [1.807, 2.05) is 0 Å². The van der Waals surface area contributed by atoms with Crippen LogP contribution in [-0.4, -0.2) is 53.9 Å². The lowest BCUT2D eigenvalue weighted by Gasteiger charge is -2.14. The Balaban J connectivity index is 2.15. The molecule has 1 amide bonds. The molecule has 1 atom stereocenters. The van der Waals surface area contributed by atoms with Gasteiger partial charge in [0.05, 0.1) is 13.2 Å². The topological polar surface area (TPSA) is 140 Å². The number of carbonyl (C=O) groups is 1. The largest absolute Gasteiger partial charge is 0.504 e. The van der Waals surface area contributed by atoms with Crippen LogP contribution in [0.1, 0.15) is 12.5 Å². The standard InChI is InChI=1S/C14H20N2O8/c1-10(8-11-2-3-12(17)13(18)9-11)15-14(19)23-6-4-22-5-7-24-16(20)21/h2-3,9-10,17-18H,4-8H2,1H3,(H,15,19). The Morgan fingerprint density at radius 2 is 1.96 bits per heavy atom. The Hall–Kier alpha value is -2.75. The molecule has 0 spiro atoms. The number of amides is 1. The molecule has 10 nitrogen and oxygen atoms in total. The maximum atomic E-state index is 11.6. The first-order valence-corrected chi connectivity index (χ1v) is 7.17. The lowest BCUT2D eigenvalue weighted by Crippen LogP contribution is -2.35. The maximum absolute atomic E-state index is 11.6. The van der Waals surface area contributed by atoms with Crippen molar-refractivity contribution in [2.75, 3.05) is 26.4 Å². The molecule has 1 aromatic rings. The van der Waals surface area contributed by atoms with Gasteiger partial charge in [-0.25, -0.2) is 4.79 Å². The number of ether oxygens (including phenoxy) is 2. The minimum absolute atomic E-state index is 0.00296. The molecule has 0 aromatic heterocycles. The number of phenols is 2. The first-order chi connectivity index (χ1) is 11.4. The summed E-state index contributed by atoms with van der Waals surface area (Å²) in [6.07, 6.45) is -0.187. The van der Waals surface area contributed by atoms with Crippen molar-refractivity contribution in [2.45, 2.75) is 19.4 Å². The van der Waals surface area contributed by atoms with Crippen molar-refractivity contribution in [1.29, 1.82) is 0 Å². The van der Waals surface area contributed by atoms with Crippen molar-refractivity contribution in [2.24, 2.45) is 0 Å². The highest BCUT2D eigenvalue weighted by Gasteiger charge is 2.10. The number of benzene rings is 1. The lowest BCUT2D eigenvalue weighted by atomic mass is 10.1. The number of alkyl carbamates (subject to hydrolysis) is 1. The van der Waals surface area contributed by atoms with E-state index in [1.165, 1.54) is 12.1 Å². The second-order valence-electron chi connectivity index (χ2n) is 4.88. The molecule has 0 saturated carbocycles. The molecule has 0 fully saturated rings. The van der Waals surface area contributed by atoms with E-state index < -0.39 is 11.2 Å². The van der Waals surface area contributed by atoms with Gasteiger partial charge in [-0.05, 0) is 31.0 Å². The average molecular weight is 344 g/mol. The van der Waals surface area contributed by atoms with Crippen LogP contribution in [0.2, 0.25) is 0 Å². The molecule has 24 heavy (non-hydrogen) atoms. The summed E-state index contributed by atoms with van der Waals surface area (Å²) in [5, 5.41) is 30.2. The molecule has 10 heteroatoms. The van der Waals surface area contributed by atoms with Crippen LogP contribution >= 0.6 is 0 Å². The van der Waals surface area contributed by atoms with Gasteiger partial charge in [0.2, 0.25) is 0 Å². The van der Waals surface area contributed by atoms with Crippen molar-refractivity contribution >= 4 is 6.09 Å². The molecule has 0 aliphatic carbocycles. The van der Waals surface area contributed by atoms with Gasteiger partial charge in [0, 0.05) is 6.04 Å². The molecule has 0 aliphatic heterocycles. The van der Waals surface area contributed by atoms with Gasteiger partial charge in [-0.3, -0.25) is 0 Å². The molecule has 0 radical (unpaired) electrons. The predicted molar refractivity (Wildman–Crippen MR) is 81.2 cm³/mol. The summed E-state index contributed by atoms with van der Waals surface area (Å²) in [6.45, 7) is 1.69. The van der Waals surface area contributed by atoms with Crippen molar-refractivity contribution in [3.63, 3.8) is 0 Å². The Morgan fingerprint density at radius 3 is 2.62 bits per heavy atom. The van der Waals surface area contributed by atoms with Gasteiger partial charge in [0.1, 0.15) is 13.2 Å². The molecule has 0 saturated heterocycles. The Bertz CT molecular complexity index is 552. The third-order valence-electron chi connectivity index (χ3n) is 2.83. The number of rotatable bonds is 10. The van der Waals surface area contributed by atoms with Crippen LogP contribution in [0.15, 0.2) is 18.2 Å². The Labute approximate surface area is 138 Å². The van der Waals surface area contributed by atoms with Crippen LogP contribution in [0, 0.1) is 10.1 Å². The highest BCUT2D eigenvalue weighted by Crippen LogP contribution is 2.25. The highest BCUT2D eigenvalue weighted by molar-refractivity contribution is 5.67. The van der Waals surface area contributed by atoms with Crippen LogP contribution in [0.5, 0.6) is 11.5 Å². The molecule has 1 aromatic carbocycles. The molecule has 1 rings (SSSR count). The summed E-state index contributed by atoms with van der Waals surface area (Å²) >= 11 is 0. The molecule has 3 N–H and O–H groups in total. The SMILES string of the molecule is CC(Cc1ccc(O)c(O)c1)NC(=O)OCCOCCO[N+](=O)[O-].